The summed E-state index contributed by atoms with van der Waals surface area (Å²) in [7, 11) is 0. The topological polar surface area (TPSA) is 55.1 Å². The maximum atomic E-state index is 13.7. The Morgan fingerprint density at radius 3 is 2.88 bits per heavy atom. The SMILES string of the molecule is O=C(O)CCc1ccc(-n2ccnc2)c(F)c1. The van der Waals surface area contributed by atoms with Crippen molar-refractivity contribution in [3.05, 3.63) is 48.3 Å². The molecule has 2 aromatic rings. The zero-order valence-corrected chi connectivity index (χ0v) is 9.01. The molecular formula is C12H11FN2O2. The quantitative estimate of drug-likeness (QED) is 0.880. The van der Waals surface area contributed by atoms with Crippen molar-refractivity contribution in [3.63, 3.8) is 0 Å². The number of hydrogen-bond donors (Lipinski definition) is 1. The normalized spacial score (nSPS) is 10.4. The number of carboxylic acids is 1. The van der Waals surface area contributed by atoms with Crippen LogP contribution in [0.3, 0.4) is 0 Å². The molecule has 0 saturated heterocycles. The summed E-state index contributed by atoms with van der Waals surface area (Å²) >= 11 is 0. The first kappa shape index (κ1) is 11.3. The molecule has 1 aromatic heterocycles. The molecule has 0 aliphatic carbocycles. The summed E-state index contributed by atoms with van der Waals surface area (Å²) in [5.41, 5.74) is 1.08. The molecule has 0 spiro atoms. The Kier molecular flexibility index (Phi) is 3.18. The minimum atomic E-state index is -0.885. The summed E-state index contributed by atoms with van der Waals surface area (Å²) in [6.45, 7) is 0. The van der Waals surface area contributed by atoms with E-state index in [4.69, 9.17) is 5.11 Å². The van der Waals surface area contributed by atoms with E-state index in [-0.39, 0.29) is 12.2 Å². The summed E-state index contributed by atoms with van der Waals surface area (Å²) in [6, 6.07) is 4.70. The third-order valence-corrected chi connectivity index (χ3v) is 2.42. The molecule has 88 valence electrons. The van der Waals surface area contributed by atoms with Gasteiger partial charge in [-0.2, -0.15) is 0 Å². The summed E-state index contributed by atoms with van der Waals surface area (Å²) < 4.78 is 15.3. The fraction of sp³-hybridized carbons (Fsp3) is 0.167. The minimum absolute atomic E-state index is 0.00383. The van der Waals surface area contributed by atoms with Crippen LogP contribution in [0.2, 0.25) is 0 Å². The van der Waals surface area contributed by atoms with Gasteiger partial charge in [-0.15, -0.1) is 0 Å². The van der Waals surface area contributed by atoms with Crippen LogP contribution in [0.5, 0.6) is 0 Å². The first-order chi connectivity index (χ1) is 8.16. The summed E-state index contributed by atoms with van der Waals surface area (Å²) in [6.07, 6.45) is 5.06. The minimum Gasteiger partial charge on any atom is -0.481 e. The van der Waals surface area contributed by atoms with E-state index in [0.717, 1.165) is 0 Å². The van der Waals surface area contributed by atoms with Crippen LogP contribution in [0, 0.1) is 5.82 Å². The van der Waals surface area contributed by atoms with Crippen LogP contribution >= 0.6 is 0 Å². The van der Waals surface area contributed by atoms with Crippen molar-refractivity contribution < 1.29 is 14.3 Å². The molecule has 0 unspecified atom stereocenters. The Balaban J connectivity index is 2.20. The molecule has 1 N–H and O–H groups in total. The Bertz CT molecular complexity index is 523. The molecule has 0 saturated carbocycles. The van der Waals surface area contributed by atoms with E-state index in [2.05, 4.69) is 4.98 Å². The third-order valence-electron chi connectivity index (χ3n) is 2.42. The summed E-state index contributed by atoms with van der Waals surface area (Å²) in [4.78, 5) is 14.2. The van der Waals surface area contributed by atoms with Crippen LogP contribution in [-0.4, -0.2) is 20.6 Å². The van der Waals surface area contributed by atoms with Gasteiger partial charge in [-0.25, -0.2) is 9.37 Å². The number of aromatic nitrogens is 2. The van der Waals surface area contributed by atoms with Gasteiger partial charge >= 0.3 is 5.97 Å². The van der Waals surface area contributed by atoms with Crippen LogP contribution in [0.25, 0.3) is 5.69 Å². The number of nitrogens with zero attached hydrogens (tertiary/aromatic N) is 2. The molecule has 1 heterocycles. The zero-order chi connectivity index (χ0) is 12.3. The first-order valence-electron chi connectivity index (χ1n) is 5.15. The fourth-order valence-electron chi connectivity index (χ4n) is 1.57. The molecule has 0 atom stereocenters. The van der Waals surface area contributed by atoms with Crippen molar-refractivity contribution in [1.29, 1.82) is 0 Å². The molecule has 0 aliphatic rings. The lowest BCUT2D eigenvalue weighted by Gasteiger charge is -2.06. The lowest BCUT2D eigenvalue weighted by atomic mass is 10.1. The van der Waals surface area contributed by atoms with E-state index in [1.165, 1.54) is 12.4 Å². The van der Waals surface area contributed by atoms with Gasteiger partial charge in [0, 0.05) is 18.8 Å². The van der Waals surface area contributed by atoms with Gasteiger partial charge in [0.25, 0.3) is 0 Å². The number of benzene rings is 1. The van der Waals surface area contributed by atoms with Crippen LogP contribution in [0.1, 0.15) is 12.0 Å². The fourth-order valence-corrected chi connectivity index (χ4v) is 1.57. The summed E-state index contributed by atoms with van der Waals surface area (Å²) in [5.74, 6) is -1.27. The van der Waals surface area contributed by atoms with Gasteiger partial charge in [-0.05, 0) is 24.1 Å². The molecular weight excluding hydrogens is 223 g/mol. The average molecular weight is 234 g/mol. The van der Waals surface area contributed by atoms with E-state index >= 15 is 0 Å². The van der Waals surface area contributed by atoms with Gasteiger partial charge in [0.05, 0.1) is 12.0 Å². The van der Waals surface area contributed by atoms with Crippen molar-refractivity contribution in [2.75, 3.05) is 0 Å². The predicted octanol–water partition coefficient (Wildman–Crippen LogP) is 2.03. The number of hydrogen-bond acceptors (Lipinski definition) is 2. The van der Waals surface area contributed by atoms with Crippen molar-refractivity contribution >= 4 is 5.97 Å². The second-order valence-corrected chi connectivity index (χ2v) is 3.65. The molecule has 1 aromatic carbocycles. The van der Waals surface area contributed by atoms with E-state index in [9.17, 15) is 9.18 Å². The van der Waals surface area contributed by atoms with E-state index in [1.54, 1.807) is 29.1 Å². The van der Waals surface area contributed by atoms with Crippen molar-refractivity contribution in [2.45, 2.75) is 12.8 Å². The Labute approximate surface area is 97.3 Å². The molecule has 0 radical (unpaired) electrons. The number of carboxylic acid groups (broad SMARTS) is 1. The molecule has 0 aliphatic heterocycles. The van der Waals surface area contributed by atoms with Gasteiger partial charge in [0.1, 0.15) is 5.82 Å². The van der Waals surface area contributed by atoms with Crippen molar-refractivity contribution in [3.8, 4) is 5.69 Å². The summed E-state index contributed by atoms with van der Waals surface area (Å²) in [5, 5.41) is 8.54. The Morgan fingerprint density at radius 2 is 2.29 bits per heavy atom. The van der Waals surface area contributed by atoms with E-state index in [0.29, 0.717) is 17.7 Å². The van der Waals surface area contributed by atoms with Gasteiger partial charge in [0.2, 0.25) is 0 Å². The smallest absolute Gasteiger partial charge is 0.303 e. The predicted molar refractivity (Wildman–Crippen MR) is 59.5 cm³/mol. The highest BCUT2D eigenvalue weighted by molar-refractivity contribution is 5.67. The lowest BCUT2D eigenvalue weighted by Crippen LogP contribution is -2.00. The number of aliphatic carboxylic acids is 1. The molecule has 0 amide bonds. The first-order valence-corrected chi connectivity index (χ1v) is 5.15. The van der Waals surface area contributed by atoms with Gasteiger partial charge in [-0.1, -0.05) is 6.07 Å². The Hall–Kier alpha value is -2.17. The van der Waals surface area contributed by atoms with Gasteiger partial charge < -0.3 is 9.67 Å². The van der Waals surface area contributed by atoms with Crippen molar-refractivity contribution in [2.24, 2.45) is 0 Å². The maximum absolute atomic E-state index is 13.7. The standard InChI is InChI=1S/C12H11FN2O2/c13-10-7-9(2-4-12(16)17)1-3-11(10)15-6-5-14-8-15/h1,3,5-8H,2,4H2,(H,16,17). The van der Waals surface area contributed by atoms with E-state index < -0.39 is 5.97 Å². The number of halogens is 1. The van der Waals surface area contributed by atoms with Crippen molar-refractivity contribution in [1.82, 2.24) is 9.55 Å². The second-order valence-electron chi connectivity index (χ2n) is 3.65. The molecule has 4 nitrogen and oxygen atoms in total. The zero-order valence-electron chi connectivity index (χ0n) is 9.01. The Morgan fingerprint density at radius 1 is 1.47 bits per heavy atom. The number of imidazole rings is 1. The van der Waals surface area contributed by atoms with Gasteiger partial charge in [-0.3, -0.25) is 4.79 Å². The molecule has 0 bridgehead atoms. The van der Waals surface area contributed by atoms with Crippen LogP contribution < -0.4 is 0 Å². The van der Waals surface area contributed by atoms with Gasteiger partial charge in [0.15, 0.2) is 0 Å². The number of rotatable bonds is 4. The van der Waals surface area contributed by atoms with E-state index in [1.807, 2.05) is 0 Å². The monoisotopic (exact) mass is 234 g/mol. The van der Waals surface area contributed by atoms with Crippen LogP contribution in [-0.2, 0) is 11.2 Å². The number of carbonyl (C=O) groups is 1. The highest BCUT2D eigenvalue weighted by Gasteiger charge is 2.06. The molecule has 5 heteroatoms. The molecule has 2 rings (SSSR count). The lowest BCUT2D eigenvalue weighted by molar-refractivity contribution is -0.136. The maximum Gasteiger partial charge on any atom is 0.303 e. The molecule has 17 heavy (non-hydrogen) atoms. The third kappa shape index (κ3) is 2.69. The average Bonchev–Trinajstić information content (AvgIpc) is 2.79. The highest BCUT2D eigenvalue weighted by Crippen LogP contribution is 2.15. The van der Waals surface area contributed by atoms with Crippen LogP contribution in [0.4, 0.5) is 4.39 Å². The largest absolute Gasteiger partial charge is 0.481 e. The highest BCUT2D eigenvalue weighted by atomic mass is 19.1. The number of aryl methyl sites for hydroxylation is 1. The van der Waals surface area contributed by atoms with Crippen LogP contribution in [0.15, 0.2) is 36.9 Å². The molecule has 0 fully saturated rings. The second kappa shape index (κ2) is 4.78.